The molecule has 1 heteroatoms. The second-order valence-corrected chi connectivity index (χ2v) is 7.94. The quantitative estimate of drug-likeness (QED) is 0.610. The van der Waals surface area contributed by atoms with E-state index in [4.69, 9.17) is 11.6 Å². The van der Waals surface area contributed by atoms with E-state index in [2.05, 4.69) is 52.0 Å². The number of hydrogen-bond acceptors (Lipinski definition) is 0. The molecule has 1 aliphatic rings. The Morgan fingerprint density at radius 2 is 1.70 bits per heavy atom. The summed E-state index contributed by atoms with van der Waals surface area (Å²) in [5, 5.41) is 0.351. The highest BCUT2D eigenvalue weighted by molar-refractivity contribution is 6.20. The summed E-state index contributed by atoms with van der Waals surface area (Å²) >= 11 is 6.68. The van der Waals surface area contributed by atoms with Gasteiger partial charge in [-0.3, -0.25) is 0 Å². The van der Waals surface area contributed by atoms with Gasteiger partial charge in [0.15, 0.2) is 0 Å². The van der Waals surface area contributed by atoms with E-state index in [1.54, 1.807) is 0 Å². The van der Waals surface area contributed by atoms with Crippen LogP contribution in [-0.2, 0) is 12.8 Å². The smallest absolute Gasteiger partial charge is 0.0372 e. The Morgan fingerprint density at radius 3 is 2.25 bits per heavy atom. The number of alkyl halides is 1. The fraction of sp³-hybridized carbons (Fsp3) is 0.684. The van der Waals surface area contributed by atoms with Gasteiger partial charge in [0.25, 0.3) is 0 Å². The van der Waals surface area contributed by atoms with Crippen LogP contribution in [0.5, 0.6) is 0 Å². The predicted octanol–water partition coefficient (Wildman–Crippen LogP) is 5.86. The van der Waals surface area contributed by atoms with E-state index in [0.29, 0.717) is 16.7 Å². The molecular formula is C19H29Cl. The number of hydrogen-bond donors (Lipinski definition) is 0. The van der Waals surface area contributed by atoms with E-state index in [1.807, 2.05) is 0 Å². The van der Waals surface area contributed by atoms with Gasteiger partial charge in [-0.25, -0.2) is 0 Å². The molecule has 3 atom stereocenters. The molecule has 1 fully saturated rings. The van der Waals surface area contributed by atoms with Crippen LogP contribution in [0.1, 0.15) is 58.1 Å². The molecule has 0 bridgehead atoms. The highest BCUT2D eigenvalue weighted by Gasteiger charge is 2.37. The summed E-state index contributed by atoms with van der Waals surface area (Å²) in [6.45, 7) is 9.34. The maximum Gasteiger partial charge on any atom is 0.0372 e. The first-order chi connectivity index (χ1) is 9.42. The molecule has 112 valence electrons. The molecule has 1 aromatic rings. The average Bonchev–Trinajstić information content (AvgIpc) is 2.38. The molecule has 0 aliphatic heterocycles. The minimum absolute atomic E-state index is 0.292. The Hall–Kier alpha value is -0.490. The Labute approximate surface area is 129 Å². The molecular weight excluding hydrogens is 264 g/mol. The van der Waals surface area contributed by atoms with Gasteiger partial charge in [-0.05, 0) is 54.1 Å². The van der Waals surface area contributed by atoms with Gasteiger partial charge in [-0.15, -0.1) is 11.6 Å². The van der Waals surface area contributed by atoms with E-state index in [0.717, 1.165) is 18.8 Å². The lowest BCUT2D eigenvalue weighted by Crippen LogP contribution is -2.37. The summed E-state index contributed by atoms with van der Waals surface area (Å²) in [6.07, 6.45) is 6.07. The van der Waals surface area contributed by atoms with Crippen LogP contribution in [0.15, 0.2) is 24.3 Å². The van der Waals surface area contributed by atoms with Crippen molar-refractivity contribution >= 4 is 11.6 Å². The van der Waals surface area contributed by atoms with Crippen LogP contribution in [0.4, 0.5) is 0 Å². The van der Waals surface area contributed by atoms with Crippen molar-refractivity contribution in [3.05, 3.63) is 35.4 Å². The maximum atomic E-state index is 6.68. The van der Waals surface area contributed by atoms with Crippen molar-refractivity contribution in [2.45, 2.75) is 65.2 Å². The Kier molecular flexibility index (Phi) is 5.18. The molecule has 0 saturated heterocycles. The van der Waals surface area contributed by atoms with Crippen molar-refractivity contribution in [1.82, 2.24) is 0 Å². The zero-order valence-electron chi connectivity index (χ0n) is 13.5. The van der Waals surface area contributed by atoms with Crippen LogP contribution in [0.25, 0.3) is 0 Å². The third-order valence-corrected chi connectivity index (χ3v) is 5.61. The van der Waals surface area contributed by atoms with Crippen LogP contribution < -0.4 is 0 Å². The molecule has 0 heterocycles. The molecule has 1 saturated carbocycles. The minimum Gasteiger partial charge on any atom is -0.123 e. The molecule has 0 N–H and O–H groups in total. The Morgan fingerprint density at radius 1 is 1.10 bits per heavy atom. The van der Waals surface area contributed by atoms with E-state index in [1.165, 1.54) is 30.4 Å². The van der Waals surface area contributed by atoms with Crippen molar-refractivity contribution in [2.24, 2.45) is 17.3 Å². The largest absolute Gasteiger partial charge is 0.123 e. The maximum absolute atomic E-state index is 6.68. The first kappa shape index (κ1) is 15.9. The normalized spacial score (nSPS) is 27.6. The fourth-order valence-electron chi connectivity index (χ4n) is 3.74. The first-order valence-corrected chi connectivity index (χ1v) is 8.58. The highest BCUT2D eigenvalue weighted by Crippen LogP contribution is 2.44. The molecule has 0 amide bonds. The highest BCUT2D eigenvalue weighted by atomic mass is 35.5. The van der Waals surface area contributed by atoms with E-state index in [-0.39, 0.29) is 0 Å². The summed E-state index contributed by atoms with van der Waals surface area (Å²) in [7, 11) is 0. The molecule has 0 radical (unpaired) electrons. The van der Waals surface area contributed by atoms with E-state index < -0.39 is 0 Å². The SMILES string of the molecule is CCc1ccc(CC(C)(C)C2CCC(C)CC2Cl)cc1. The van der Waals surface area contributed by atoms with E-state index >= 15 is 0 Å². The lowest BCUT2D eigenvalue weighted by Gasteiger charge is -2.42. The Bertz CT molecular complexity index is 418. The summed E-state index contributed by atoms with van der Waals surface area (Å²) < 4.78 is 0. The molecule has 0 spiro atoms. The van der Waals surface area contributed by atoms with Crippen LogP contribution in [0.3, 0.4) is 0 Å². The van der Waals surface area contributed by atoms with Crippen LogP contribution in [0.2, 0.25) is 0 Å². The topological polar surface area (TPSA) is 0 Å². The summed E-state index contributed by atoms with van der Waals surface area (Å²) in [6, 6.07) is 9.14. The summed E-state index contributed by atoms with van der Waals surface area (Å²) in [5.74, 6) is 1.44. The lowest BCUT2D eigenvalue weighted by molar-refractivity contribution is 0.142. The van der Waals surface area contributed by atoms with Gasteiger partial charge in [0.1, 0.15) is 0 Å². The molecule has 2 rings (SSSR count). The molecule has 3 unspecified atom stereocenters. The summed E-state index contributed by atoms with van der Waals surface area (Å²) in [4.78, 5) is 0. The molecule has 0 aromatic heterocycles. The minimum atomic E-state index is 0.292. The first-order valence-electron chi connectivity index (χ1n) is 8.14. The third kappa shape index (κ3) is 3.79. The zero-order chi connectivity index (χ0) is 14.8. The van der Waals surface area contributed by atoms with E-state index in [9.17, 15) is 0 Å². The number of halogens is 1. The second kappa shape index (κ2) is 6.52. The monoisotopic (exact) mass is 292 g/mol. The van der Waals surface area contributed by atoms with Crippen molar-refractivity contribution in [2.75, 3.05) is 0 Å². The molecule has 1 aliphatic carbocycles. The molecule has 0 nitrogen and oxygen atoms in total. The van der Waals surface area contributed by atoms with Gasteiger partial charge in [0, 0.05) is 5.38 Å². The number of benzene rings is 1. The number of rotatable bonds is 4. The second-order valence-electron chi connectivity index (χ2n) is 7.38. The summed E-state index contributed by atoms with van der Waals surface area (Å²) in [5.41, 5.74) is 3.17. The van der Waals surface area contributed by atoms with Gasteiger partial charge >= 0.3 is 0 Å². The van der Waals surface area contributed by atoms with Gasteiger partial charge in [-0.1, -0.05) is 58.4 Å². The fourth-order valence-corrected chi connectivity index (χ4v) is 4.51. The average molecular weight is 293 g/mol. The van der Waals surface area contributed by atoms with Crippen molar-refractivity contribution in [3.8, 4) is 0 Å². The predicted molar refractivity (Wildman–Crippen MR) is 89.5 cm³/mol. The standard InChI is InChI=1S/C19H29Cl/c1-5-15-7-9-16(10-8-15)13-19(3,4)17-11-6-14(2)12-18(17)20/h7-10,14,17-18H,5-6,11-13H2,1-4H3. The van der Waals surface area contributed by atoms with Gasteiger partial charge < -0.3 is 0 Å². The number of aryl methyl sites for hydroxylation is 1. The van der Waals surface area contributed by atoms with Gasteiger partial charge in [-0.2, -0.15) is 0 Å². The lowest BCUT2D eigenvalue weighted by atomic mass is 9.66. The molecule has 20 heavy (non-hydrogen) atoms. The zero-order valence-corrected chi connectivity index (χ0v) is 14.2. The van der Waals surface area contributed by atoms with Gasteiger partial charge in [0.2, 0.25) is 0 Å². The third-order valence-electron chi connectivity index (χ3n) is 5.13. The van der Waals surface area contributed by atoms with Gasteiger partial charge in [0.05, 0.1) is 0 Å². The Balaban J connectivity index is 2.05. The van der Waals surface area contributed by atoms with Crippen LogP contribution in [-0.4, -0.2) is 5.38 Å². The van der Waals surface area contributed by atoms with Crippen molar-refractivity contribution in [3.63, 3.8) is 0 Å². The van der Waals surface area contributed by atoms with Crippen molar-refractivity contribution in [1.29, 1.82) is 0 Å². The molecule has 1 aromatic carbocycles. The van der Waals surface area contributed by atoms with Crippen molar-refractivity contribution < 1.29 is 0 Å². The van der Waals surface area contributed by atoms with Crippen LogP contribution in [0, 0.1) is 17.3 Å². The van der Waals surface area contributed by atoms with Crippen LogP contribution >= 0.6 is 11.6 Å².